The number of hydrogen-bond acceptors (Lipinski definition) is 4. The Labute approximate surface area is 178 Å². The Morgan fingerprint density at radius 1 is 0.839 bits per heavy atom. The number of rotatable bonds is 5. The molecule has 6 heteroatoms. The Morgan fingerprint density at radius 2 is 1.45 bits per heavy atom. The van der Waals surface area contributed by atoms with Gasteiger partial charge in [-0.25, -0.2) is 0 Å². The van der Waals surface area contributed by atoms with Gasteiger partial charge in [0.05, 0.1) is 24.8 Å². The number of para-hydroxylation sites is 1. The maximum absolute atomic E-state index is 13.3. The lowest BCUT2D eigenvalue weighted by molar-refractivity contribution is 0.0624. The molecular formula is C25H18N2O4. The van der Waals surface area contributed by atoms with Crippen molar-refractivity contribution >= 4 is 28.5 Å². The summed E-state index contributed by atoms with van der Waals surface area (Å²) < 4.78 is 5.50. The summed E-state index contributed by atoms with van der Waals surface area (Å²) >= 11 is 0. The summed E-state index contributed by atoms with van der Waals surface area (Å²) in [5.74, 6) is -0.518. The highest BCUT2D eigenvalue weighted by molar-refractivity contribution is 6.24. The molecule has 0 saturated carbocycles. The number of fused-ring (bicyclic) bond motifs is 2. The lowest BCUT2D eigenvalue weighted by Crippen LogP contribution is -2.34. The quantitative estimate of drug-likeness (QED) is 0.393. The molecule has 31 heavy (non-hydrogen) atoms. The van der Waals surface area contributed by atoms with E-state index in [0.717, 1.165) is 26.9 Å². The number of ketones is 1. The van der Waals surface area contributed by atoms with Gasteiger partial charge in [0.2, 0.25) is 0 Å². The molecule has 0 atom stereocenters. The second-order valence-electron chi connectivity index (χ2n) is 7.30. The summed E-state index contributed by atoms with van der Waals surface area (Å²) in [6, 6.07) is 19.9. The van der Waals surface area contributed by atoms with E-state index >= 15 is 0 Å². The Hall–Kier alpha value is -4.19. The van der Waals surface area contributed by atoms with E-state index in [1.807, 2.05) is 42.5 Å². The minimum absolute atomic E-state index is 0.317. The van der Waals surface area contributed by atoms with Crippen LogP contribution in [0.5, 0.6) is 5.75 Å². The van der Waals surface area contributed by atoms with Gasteiger partial charge in [-0.15, -0.1) is 0 Å². The standard InChI is InChI=1S/C25H18N2O4/c1-31-22-12-5-4-7-15(22)16-10-6-11-20-23(16)19(13-26-20)21(28)14-27-24(29)17-8-2-3-9-18(17)25(27)30/h2-13,26H,14H2,1H3. The first-order valence-electron chi connectivity index (χ1n) is 9.82. The zero-order valence-electron chi connectivity index (χ0n) is 16.7. The smallest absolute Gasteiger partial charge is 0.261 e. The van der Waals surface area contributed by atoms with E-state index in [-0.39, 0.29) is 12.3 Å². The van der Waals surface area contributed by atoms with E-state index in [1.54, 1.807) is 37.6 Å². The van der Waals surface area contributed by atoms with Crippen LogP contribution < -0.4 is 4.74 Å². The Morgan fingerprint density at radius 3 is 2.13 bits per heavy atom. The number of carbonyl (C=O) groups is 3. The van der Waals surface area contributed by atoms with Crippen molar-refractivity contribution in [1.82, 2.24) is 9.88 Å². The largest absolute Gasteiger partial charge is 0.496 e. The molecule has 5 rings (SSSR count). The molecule has 0 bridgehead atoms. The number of aromatic nitrogens is 1. The molecule has 0 aliphatic carbocycles. The molecule has 1 aromatic heterocycles. The third kappa shape index (κ3) is 2.92. The average molecular weight is 410 g/mol. The second kappa shape index (κ2) is 7.25. The third-order valence-electron chi connectivity index (χ3n) is 5.58. The number of Topliss-reactive ketones (excluding diaryl/α,β-unsaturated/α-hetero) is 1. The molecule has 0 unspecified atom stereocenters. The lowest BCUT2D eigenvalue weighted by atomic mass is 9.97. The normalized spacial score (nSPS) is 13.0. The van der Waals surface area contributed by atoms with Crippen LogP contribution >= 0.6 is 0 Å². The van der Waals surface area contributed by atoms with Crippen LogP contribution in [0.3, 0.4) is 0 Å². The molecular weight excluding hydrogens is 392 g/mol. The van der Waals surface area contributed by atoms with Gasteiger partial charge < -0.3 is 9.72 Å². The van der Waals surface area contributed by atoms with E-state index in [1.165, 1.54) is 0 Å². The number of H-pyrrole nitrogens is 1. The van der Waals surface area contributed by atoms with Crippen LogP contribution in [0.2, 0.25) is 0 Å². The highest BCUT2D eigenvalue weighted by atomic mass is 16.5. The average Bonchev–Trinajstić information content (AvgIpc) is 3.35. The van der Waals surface area contributed by atoms with E-state index in [9.17, 15) is 14.4 Å². The third-order valence-corrected chi connectivity index (χ3v) is 5.58. The Balaban J connectivity index is 1.55. The number of nitrogens with one attached hydrogen (secondary N) is 1. The molecule has 2 heterocycles. The number of benzene rings is 3. The van der Waals surface area contributed by atoms with Crippen molar-refractivity contribution in [2.45, 2.75) is 0 Å². The van der Waals surface area contributed by atoms with Gasteiger partial charge in [-0.05, 0) is 29.8 Å². The van der Waals surface area contributed by atoms with Crippen molar-refractivity contribution in [3.05, 3.63) is 89.6 Å². The van der Waals surface area contributed by atoms with E-state index in [2.05, 4.69) is 4.98 Å². The summed E-state index contributed by atoms with van der Waals surface area (Å²) in [5.41, 5.74) is 3.55. The van der Waals surface area contributed by atoms with Crippen LogP contribution in [0.4, 0.5) is 0 Å². The molecule has 0 spiro atoms. The number of nitrogens with zero attached hydrogens (tertiary/aromatic N) is 1. The number of carbonyl (C=O) groups excluding carboxylic acids is 3. The van der Waals surface area contributed by atoms with Crippen LogP contribution in [0.1, 0.15) is 31.1 Å². The highest BCUT2D eigenvalue weighted by Gasteiger charge is 2.36. The van der Waals surface area contributed by atoms with Crippen molar-refractivity contribution < 1.29 is 19.1 Å². The van der Waals surface area contributed by atoms with Crippen LogP contribution in [0.15, 0.2) is 72.9 Å². The molecule has 1 aliphatic heterocycles. The highest BCUT2D eigenvalue weighted by Crippen LogP contribution is 2.36. The van der Waals surface area contributed by atoms with Crippen molar-refractivity contribution in [2.24, 2.45) is 0 Å². The Bertz CT molecular complexity index is 1330. The van der Waals surface area contributed by atoms with E-state index in [4.69, 9.17) is 4.74 Å². The summed E-state index contributed by atoms with van der Waals surface area (Å²) in [5, 5.41) is 0.730. The van der Waals surface area contributed by atoms with Gasteiger partial charge in [-0.2, -0.15) is 0 Å². The topological polar surface area (TPSA) is 79.5 Å². The summed E-state index contributed by atoms with van der Waals surface area (Å²) in [6.45, 7) is -0.320. The predicted octanol–water partition coefficient (Wildman–Crippen LogP) is 4.32. The minimum atomic E-state index is -0.446. The number of methoxy groups -OCH3 is 1. The van der Waals surface area contributed by atoms with Gasteiger partial charge in [0.1, 0.15) is 5.75 Å². The summed E-state index contributed by atoms with van der Waals surface area (Å²) in [4.78, 5) is 42.8. The molecule has 0 saturated heterocycles. The van der Waals surface area contributed by atoms with Crippen molar-refractivity contribution in [3.63, 3.8) is 0 Å². The second-order valence-corrected chi connectivity index (χ2v) is 7.30. The maximum Gasteiger partial charge on any atom is 0.261 e. The van der Waals surface area contributed by atoms with Gasteiger partial charge >= 0.3 is 0 Å². The van der Waals surface area contributed by atoms with E-state index < -0.39 is 11.8 Å². The van der Waals surface area contributed by atoms with Gasteiger partial charge in [0.25, 0.3) is 11.8 Å². The predicted molar refractivity (Wildman–Crippen MR) is 116 cm³/mol. The fraction of sp³-hybridized carbons (Fsp3) is 0.0800. The van der Waals surface area contributed by atoms with Crippen LogP contribution in [0, 0.1) is 0 Å². The number of hydrogen-bond donors (Lipinski definition) is 1. The monoisotopic (exact) mass is 410 g/mol. The summed E-state index contributed by atoms with van der Waals surface area (Å²) in [6.07, 6.45) is 1.63. The number of aromatic amines is 1. The molecule has 0 fully saturated rings. The zero-order valence-corrected chi connectivity index (χ0v) is 16.7. The molecule has 152 valence electrons. The van der Waals surface area contributed by atoms with Gasteiger partial charge in [-0.3, -0.25) is 19.3 Å². The SMILES string of the molecule is COc1ccccc1-c1cccc2[nH]cc(C(=O)CN3C(=O)c4ccccc4C3=O)c12. The number of ether oxygens (including phenoxy) is 1. The number of imide groups is 1. The van der Waals surface area contributed by atoms with Crippen molar-refractivity contribution in [3.8, 4) is 16.9 Å². The molecule has 0 radical (unpaired) electrons. The molecule has 4 aromatic rings. The summed E-state index contributed by atoms with van der Waals surface area (Å²) in [7, 11) is 1.60. The Kier molecular flexibility index (Phi) is 4.40. The molecule has 3 aromatic carbocycles. The van der Waals surface area contributed by atoms with Crippen LogP contribution in [-0.4, -0.2) is 41.1 Å². The van der Waals surface area contributed by atoms with Gasteiger partial charge in [-0.1, -0.05) is 42.5 Å². The number of amides is 2. The van der Waals surface area contributed by atoms with E-state index in [0.29, 0.717) is 22.4 Å². The molecule has 1 aliphatic rings. The van der Waals surface area contributed by atoms with Crippen LogP contribution in [0.25, 0.3) is 22.0 Å². The molecule has 2 amide bonds. The lowest BCUT2D eigenvalue weighted by Gasteiger charge is -2.14. The molecule has 1 N–H and O–H groups in total. The van der Waals surface area contributed by atoms with Gasteiger partial charge in [0, 0.05) is 28.2 Å². The first-order valence-corrected chi connectivity index (χ1v) is 9.82. The molecule has 6 nitrogen and oxygen atoms in total. The fourth-order valence-corrected chi connectivity index (χ4v) is 4.11. The minimum Gasteiger partial charge on any atom is -0.496 e. The zero-order chi connectivity index (χ0) is 21.5. The fourth-order valence-electron chi connectivity index (χ4n) is 4.11. The van der Waals surface area contributed by atoms with Crippen molar-refractivity contribution in [2.75, 3.05) is 13.7 Å². The van der Waals surface area contributed by atoms with Crippen LogP contribution in [-0.2, 0) is 0 Å². The first kappa shape index (κ1) is 18.8. The first-order chi connectivity index (χ1) is 15.1. The van der Waals surface area contributed by atoms with Crippen molar-refractivity contribution in [1.29, 1.82) is 0 Å². The van der Waals surface area contributed by atoms with Gasteiger partial charge in [0.15, 0.2) is 5.78 Å². The maximum atomic E-state index is 13.3.